The summed E-state index contributed by atoms with van der Waals surface area (Å²) in [5, 5.41) is 2.59. The van der Waals surface area contributed by atoms with Gasteiger partial charge in [-0.2, -0.15) is 0 Å². The second-order valence-corrected chi connectivity index (χ2v) is 4.74. The number of rotatable bonds is 7. The Morgan fingerprint density at radius 3 is 2.80 bits per heavy atom. The summed E-state index contributed by atoms with van der Waals surface area (Å²) in [6.45, 7) is 2.57. The minimum Gasteiger partial charge on any atom is -0.347 e. The summed E-state index contributed by atoms with van der Waals surface area (Å²) >= 11 is 0. The van der Waals surface area contributed by atoms with Crippen molar-refractivity contribution in [2.75, 3.05) is 26.7 Å². The minimum atomic E-state index is -0.276. The normalized spacial score (nSPS) is 11.8. The van der Waals surface area contributed by atoms with Crippen molar-refractivity contribution < 1.29 is 9.59 Å². The number of likely N-dealkylation sites (N-methyl/N-ethyl adjacent to an activating group) is 1. The first-order valence-electron chi connectivity index (χ1n) is 6.66. The summed E-state index contributed by atoms with van der Waals surface area (Å²) in [6, 6.07) is 5.69. The summed E-state index contributed by atoms with van der Waals surface area (Å²) in [4.78, 5) is 29.1. The molecule has 3 N–H and O–H groups in total. The van der Waals surface area contributed by atoms with Gasteiger partial charge >= 0.3 is 0 Å². The third-order valence-corrected chi connectivity index (χ3v) is 3.07. The van der Waals surface area contributed by atoms with Gasteiger partial charge in [-0.3, -0.25) is 14.6 Å². The van der Waals surface area contributed by atoms with Crippen molar-refractivity contribution in [1.82, 2.24) is 15.2 Å². The molecule has 0 aromatic carbocycles. The van der Waals surface area contributed by atoms with Crippen LogP contribution in [0.2, 0.25) is 0 Å². The predicted octanol–water partition coefficient (Wildman–Crippen LogP) is -0.206. The molecule has 2 amide bonds. The Balaban J connectivity index is 2.31. The third-order valence-electron chi connectivity index (χ3n) is 3.07. The van der Waals surface area contributed by atoms with Crippen LogP contribution in [-0.2, 0) is 16.0 Å². The van der Waals surface area contributed by atoms with Crippen LogP contribution in [0.5, 0.6) is 0 Å². The van der Waals surface area contributed by atoms with Crippen molar-refractivity contribution >= 4 is 11.8 Å². The fourth-order valence-electron chi connectivity index (χ4n) is 1.53. The number of nitrogens with one attached hydrogen (secondary N) is 1. The van der Waals surface area contributed by atoms with Crippen molar-refractivity contribution in [3.05, 3.63) is 30.1 Å². The van der Waals surface area contributed by atoms with Gasteiger partial charge in [-0.25, -0.2) is 0 Å². The Hall–Kier alpha value is -1.95. The summed E-state index contributed by atoms with van der Waals surface area (Å²) in [5.41, 5.74) is 6.33. The third kappa shape index (κ3) is 5.36. The highest BCUT2D eigenvalue weighted by Gasteiger charge is 2.14. The summed E-state index contributed by atoms with van der Waals surface area (Å²) in [5.74, 6) is -0.598. The van der Waals surface area contributed by atoms with E-state index < -0.39 is 0 Å². The van der Waals surface area contributed by atoms with Gasteiger partial charge in [0.1, 0.15) is 0 Å². The maximum absolute atomic E-state index is 11.8. The van der Waals surface area contributed by atoms with Crippen molar-refractivity contribution in [3.8, 4) is 0 Å². The fourth-order valence-corrected chi connectivity index (χ4v) is 1.53. The molecule has 6 heteroatoms. The number of aromatic nitrogens is 1. The van der Waals surface area contributed by atoms with Crippen LogP contribution in [0.15, 0.2) is 24.4 Å². The number of nitrogens with two attached hydrogens (primary N) is 1. The molecular weight excluding hydrogens is 256 g/mol. The zero-order valence-electron chi connectivity index (χ0n) is 12.0. The van der Waals surface area contributed by atoms with Crippen molar-refractivity contribution in [1.29, 1.82) is 0 Å². The molecular formula is C14H22N4O2. The number of carbonyl (C=O) groups is 2. The molecule has 0 saturated heterocycles. The van der Waals surface area contributed by atoms with Crippen LogP contribution in [0.3, 0.4) is 0 Å². The van der Waals surface area contributed by atoms with E-state index >= 15 is 0 Å². The fraction of sp³-hybridized carbons (Fsp3) is 0.500. The Labute approximate surface area is 119 Å². The molecule has 1 atom stereocenters. The highest BCUT2D eigenvalue weighted by Crippen LogP contribution is 1.97. The molecule has 0 aliphatic heterocycles. The average Bonchev–Trinajstić information content (AvgIpc) is 2.49. The van der Waals surface area contributed by atoms with Crippen molar-refractivity contribution in [2.45, 2.75) is 13.3 Å². The molecule has 20 heavy (non-hydrogen) atoms. The van der Waals surface area contributed by atoms with Gasteiger partial charge < -0.3 is 16.0 Å². The van der Waals surface area contributed by atoms with E-state index in [1.807, 2.05) is 18.2 Å². The topological polar surface area (TPSA) is 88.3 Å². The average molecular weight is 278 g/mol. The summed E-state index contributed by atoms with van der Waals surface area (Å²) < 4.78 is 0. The first-order chi connectivity index (χ1) is 9.54. The molecule has 1 aromatic heterocycles. The quantitative estimate of drug-likeness (QED) is 0.722. The maximum Gasteiger partial charge on any atom is 0.241 e. The molecule has 0 saturated carbocycles. The highest BCUT2D eigenvalue weighted by atomic mass is 16.2. The molecule has 0 radical (unpaired) electrons. The Kier molecular flexibility index (Phi) is 6.66. The molecule has 0 fully saturated rings. The Morgan fingerprint density at radius 1 is 1.45 bits per heavy atom. The smallest absolute Gasteiger partial charge is 0.241 e. The van der Waals surface area contributed by atoms with Crippen LogP contribution >= 0.6 is 0 Å². The second kappa shape index (κ2) is 8.27. The van der Waals surface area contributed by atoms with Crippen LogP contribution in [0.4, 0.5) is 0 Å². The molecule has 6 nitrogen and oxygen atoms in total. The lowest BCUT2D eigenvalue weighted by Gasteiger charge is -2.18. The summed E-state index contributed by atoms with van der Waals surface area (Å²) in [7, 11) is 1.71. The highest BCUT2D eigenvalue weighted by molar-refractivity contribution is 5.85. The molecule has 1 rings (SSSR count). The van der Waals surface area contributed by atoms with E-state index in [9.17, 15) is 9.59 Å². The van der Waals surface area contributed by atoms with Gasteiger partial charge in [0.05, 0.1) is 6.54 Å². The van der Waals surface area contributed by atoms with E-state index in [-0.39, 0.29) is 30.8 Å². The second-order valence-electron chi connectivity index (χ2n) is 4.74. The molecule has 0 bridgehead atoms. The number of hydrogen-bond donors (Lipinski definition) is 2. The first kappa shape index (κ1) is 16.1. The van der Waals surface area contributed by atoms with Crippen LogP contribution in [0.25, 0.3) is 0 Å². The van der Waals surface area contributed by atoms with Crippen LogP contribution in [-0.4, -0.2) is 48.4 Å². The zero-order valence-corrected chi connectivity index (χ0v) is 12.0. The maximum atomic E-state index is 11.8. The van der Waals surface area contributed by atoms with Gasteiger partial charge in [0, 0.05) is 44.4 Å². The van der Waals surface area contributed by atoms with E-state index in [4.69, 9.17) is 5.73 Å². The molecule has 1 unspecified atom stereocenters. The van der Waals surface area contributed by atoms with Crippen LogP contribution in [0, 0.1) is 5.92 Å². The monoisotopic (exact) mass is 278 g/mol. The van der Waals surface area contributed by atoms with Gasteiger partial charge in [-0.05, 0) is 12.1 Å². The molecule has 110 valence electrons. The van der Waals surface area contributed by atoms with E-state index in [0.29, 0.717) is 13.0 Å². The number of hydrogen-bond acceptors (Lipinski definition) is 4. The molecule has 0 spiro atoms. The van der Waals surface area contributed by atoms with E-state index in [1.165, 1.54) is 0 Å². The zero-order chi connectivity index (χ0) is 15.0. The molecule has 0 aliphatic carbocycles. The van der Waals surface area contributed by atoms with Crippen LogP contribution in [0.1, 0.15) is 12.6 Å². The standard InChI is InChI=1S/C14H22N4O2/c1-11(9-15)14(20)17-10-13(19)18(2)8-6-12-5-3-4-7-16-12/h3-5,7,11H,6,8-10,15H2,1-2H3,(H,17,20). The number of pyridine rings is 1. The van der Waals surface area contributed by atoms with Crippen LogP contribution < -0.4 is 11.1 Å². The van der Waals surface area contributed by atoms with Gasteiger partial charge in [-0.1, -0.05) is 13.0 Å². The lowest BCUT2D eigenvalue weighted by Crippen LogP contribution is -2.41. The van der Waals surface area contributed by atoms with E-state index in [1.54, 1.807) is 25.1 Å². The van der Waals surface area contributed by atoms with E-state index in [2.05, 4.69) is 10.3 Å². The number of amides is 2. The summed E-state index contributed by atoms with van der Waals surface area (Å²) in [6.07, 6.45) is 2.42. The number of nitrogens with zero attached hydrogens (tertiary/aromatic N) is 2. The van der Waals surface area contributed by atoms with Gasteiger partial charge in [0.25, 0.3) is 0 Å². The van der Waals surface area contributed by atoms with Crippen molar-refractivity contribution in [2.24, 2.45) is 11.7 Å². The van der Waals surface area contributed by atoms with Crippen molar-refractivity contribution in [3.63, 3.8) is 0 Å². The largest absolute Gasteiger partial charge is 0.347 e. The Morgan fingerprint density at radius 2 is 2.20 bits per heavy atom. The number of carbonyl (C=O) groups excluding carboxylic acids is 2. The van der Waals surface area contributed by atoms with E-state index in [0.717, 1.165) is 5.69 Å². The molecule has 1 aromatic rings. The SMILES string of the molecule is CC(CN)C(=O)NCC(=O)N(C)CCc1ccccn1. The molecule has 1 heterocycles. The minimum absolute atomic E-state index is 0.00188. The molecule has 0 aliphatic rings. The van der Waals surface area contributed by atoms with Gasteiger partial charge in [0.15, 0.2) is 0 Å². The Bertz CT molecular complexity index is 436. The van der Waals surface area contributed by atoms with Gasteiger partial charge in [0.2, 0.25) is 11.8 Å². The van der Waals surface area contributed by atoms with Gasteiger partial charge in [-0.15, -0.1) is 0 Å². The lowest BCUT2D eigenvalue weighted by molar-refractivity contribution is -0.132. The lowest BCUT2D eigenvalue weighted by atomic mass is 10.2. The first-order valence-corrected chi connectivity index (χ1v) is 6.66. The predicted molar refractivity (Wildman–Crippen MR) is 76.8 cm³/mol.